The second kappa shape index (κ2) is 2.79. The largest absolute Gasteiger partial charge is 0.481 e. The van der Waals surface area contributed by atoms with Crippen LogP contribution in [0, 0.1) is 5.41 Å². The molecule has 2 N–H and O–H groups in total. The average molecular weight is 160 g/mol. The van der Waals surface area contributed by atoms with Gasteiger partial charge >= 0.3 is 5.97 Å². The normalized spacial score (nSPS) is 36.4. The minimum absolute atomic E-state index is 0.194. The molecular formula is C7H12O4. The van der Waals surface area contributed by atoms with Gasteiger partial charge in [-0.2, -0.15) is 0 Å². The Morgan fingerprint density at radius 3 is 2.55 bits per heavy atom. The zero-order valence-electron chi connectivity index (χ0n) is 6.41. The molecule has 1 rings (SSSR count). The molecule has 64 valence electrons. The molecule has 0 radical (unpaired) electrons. The lowest BCUT2D eigenvalue weighted by Crippen LogP contribution is -2.49. The van der Waals surface area contributed by atoms with Crippen molar-refractivity contribution in [1.29, 1.82) is 0 Å². The predicted octanol–water partition coefficient (Wildman–Crippen LogP) is -0.142. The van der Waals surface area contributed by atoms with Crippen molar-refractivity contribution in [3.05, 3.63) is 0 Å². The van der Waals surface area contributed by atoms with Crippen molar-refractivity contribution < 1.29 is 19.7 Å². The molecule has 4 heteroatoms. The summed E-state index contributed by atoms with van der Waals surface area (Å²) in [5.41, 5.74) is -0.811. The number of hydrogen-bond acceptors (Lipinski definition) is 3. The molecule has 0 saturated heterocycles. The van der Waals surface area contributed by atoms with Crippen molar-refractivity contribution in [2.45, 2.75) is 18.9 Å². The monoisotopic (exact) mass is 160 g/mol. The highest BCUT2D eigenvalue weighted by Crippen LogP contribution is 2.41. The molecule has 0 aromatic carbocycles. The van der Waals surface area contributed by atoms with Crippen LogP contribution in [0.1, 0.15) is 12.8 Å². The average Bonchev–Trinajstić information content (AvgIpc) is 1.84. The van der Waals surface area contributed by atoms with Gasteiger partial charge in [0.25, 0.3) is 0 Å². The van der Waals surface area contributed by atoms with Gasteiger partial charge in [-0.05, 0) is 12.8 Å². The molecular weight excluding hydrogens is 148 g/mol. The van der Waals surface area contributed by atoms with Crippen LogP contribution < -0.4 is 0 Å². The number of aliphatic hydroxyl groups is 1. The molecule has 1 fully saturated rings. The molecule has 0 bridgehead atoms. The van der Waals surface area contributed by atoms with Gasteiger partial charge in [-0.15, -0.1) is 0 Å². The Morgan fingerprint density at radius 2 is 2.27 bits per heavy atom. The Kier molecular flexibility index (Phi) is 2.15. The fourth-order valence-electron chi connectivity index (χ4n) is 1.47. The van der Waals surface area contributed by atoms with Crippen LogP contribution in [0.4, 0.5) is 0 Å². The first-order valence-corrected chi connectivity index (χ1v) is 3.51. The molecule has 1 saturated carbocycles. The van der Waals surface area contributed by atoms with Crippen molar-refractivity contribution in [3.63, 3.8) is 0 Å². The molecule has 0 aromatic rings. The lowest BCUT2D eigenvalue weighted by molar-refractivity contribution is -0.169. The Labute approximate surface area is 64.8 Å². The Morgan fingerprint density at radius 1 is 1.73 bits per heavy atom. The maximum absolute atomic E-state index is 10.6. The number of ether oxygens (including phenoxy) is 1. The Hall–Kier alpha value is -0.610. The molecule has 0 amide bonds. The predicted molar refractivity (Wildman–Crippen MR) is 37.2 cm³/mol. The Balaban J connectivity index is 2.53. The van der Waals surface area contributed by atoms with Crippen molar-refractivity contribution >= 4 is 5.97 Å². The summed E-state index contributed by atoms with van der Waals surface area (Å²) in [4.78, 5) is 10.6. The lowest BCUT2D eigenvalue weighted by Gasteiger charge is -2.40. The molecule has 0 spiro atoms. The third-order valence-electron chi connectivity index (χ3n) is 2.13. The summed E-state index contributed by atoms with van der Waals surface area (Å²) in [7, 11) is 1.47. The number of aliphatic carboxylic acids is 1. The maximum Gasteiger partial charge on any atom is 0.312 e. The van der Waals surface area contributed by atoms with E-state index in [-0.39, 0.29) is 6.61 Å². The molecule has 4 nitrogen and oxygen atoms in total. The van der Waals surface area contributed by atoms with Crippen LogP contribution >= 0.6 is 0 Å². The van der Waals surface area contributed by atoms with Gasteiger partial charge in [-0.3, -0.25) is 4.79 Å². The standard InChI is InChI=1S/C7H12O4/c1-11-4-7(6(9)10)2-5(8)3-7/h5,8H,2-4H2,1H3,(H,9,10). The van der Waals surface area contributed by atoms with E-state index in [1.54, 1.807) is 0 Å². The quantitative estimate of drug-likeness (QED) is 0.603. The van der Waals surface area contributed by atoms with Crippen LogP contribution in [0.25, 0.3) is 0 Å². The number of rotatable bonds is 3. The fourth-order valence-corrected chi connectivity index (χ4v) is 1.47. The van der Waals surface area contributed by atoms with Gasteiger partial charge in [0.15, 0.2) is 0 Å². The molecule has 0 heterocycles. The molecule has 11 heavy (non-hydrogen) atoms. The van der Waals surface area contributed by atoms with E-state index < -0.39 is 17.5 Å². The second-order valence-corrected chi connectivity index (χ2v) is 3.08. The van der Waals surface area contributed by atoms with Crippen LogP contribution in [0.5, 0.6) is 0 Å². The highest BCUT2D eigenvalue weighted by molar-refractivity contribution is 5.76. The first-order valence-electron chi connectivity index (χ1n) is 3.51. The number of hydrogen-bond donors (Lipinski definition) is 2. The maximum atomic E-state index is 10.6. The first-order chi connectivity index (χ1) is 5.10. The van der Waals surface area contributed by atoms with Crippen molar-refractivity contribution in [3.8, 4) is 0 Å². The lowest BCUT2D eigenvalue weighted by atomic mass is 9.67. The SMILES string of the molecule is COCC1(C(=O)O)CC(O)C1. The topological polar surface area (TPSA) is 66.8 Å². The van der Waals surface area contributed by atoms with E-state index in [0.717, 1.165) is 0 Å². The molecule has 0 aromatic heterocycles. The third-order valence-corrected chi connectivity index (χ3v) is 2.13. The molecule has 0 unspecified atom stereocenters. The minimum Gasteiger partial charge on any atom is -0.481 e. The van der Waals surface area contributed by atoms with E-state index in [1.807, 2.05) is 0 Å². The van der Waals surface area contributed by atoms with Gasteiger partial charge in [-0.25, -0.2) is 0 Å². The number of methoxy groups -OCH3 is 1. The van der Waals surface area contributed by atoms with Crippen LogP contribution in [0.3, 0.4) is 0 Å². The molecule has 0 atom stereocenters. The van der Waals surface area contributed by atoms with Crippen LogP contribution in [0.15, 0.2) is 0 Å². The summed E-state index contributed by atoms with van der Waals surface area (Å²) in [6, 6.07) is 0. The highest BCUT2D eigenvalue weighted by Gasteiger charge is 2.50. The van der Waals surface area contributed by atoms with Gasteiger partial charge in [0, 0.05) is 7.11 Å². The first kappa shape index (κ1) is 8.49. The van der Waals surface area contributed by atoms with Crippen molar-refractivity contribution in [2.75, 3.05) is 13.7 Å². The van der Waals surface area contributed by atoms with E-state index in [2.05, 4.69) is 0 Å². The van der Waals surface area contributed by atoms with Gasteiger partial charge in [0.1, 0.15) is 0 Å². The molecule has 0 aliphatic heterocycles. The van der Waals surface area contributed by atoms with Crippen LogP contribution in [0.2, 0.25) is 0 Å². The minimum atomic E-state index is -0.871. The van der Waals surface area contributed by atoms with Crippen LogP contribution in [-0.4, -0.2) is 36.0 Å². The number of aliphatic hydroxyl groups excluding tert-OH is 1. The van der Waals surface area contributed by atoms with E-state index in [9.17, 15) is 4.79 Å². The smallest absolute Gasteiger partial charge is 0.312 e. The zero-order chi connectivity index (χ0) is 8.48. The van der Waals surface area contributed by atoms with Gasteiger partial charge in [0.05, 0.1) is 18.1 Å². The summed E-state index contributed by atoms with van der Waals surface area (Å²) in [5, 5.41) is 17.7. The van der Waals surface area contributed by atoms with E-state index in [1.165, 1.54) is 7.11 Å². The summed E-state index contributed by atoms with van der Waals surface area (Å²) in [6.45, 7) is 0.194. The number of carboxylic acid groups (broad SMARTS) is 1. The summed E-state index contributed by atoms with van der Waals surface area (Å²) in [6.07, 6.45) is 0.174. The Bertz CT molecular complexity index is 154. The molecule has 1 aliphatic carbocycles. The number of carbonyl (C=O) groups is 1. The third kappa shape index (κ3) is 1.36. The summed E-state index contributed by atoms with van der Waals surface area (Å²) in [5.74, 6) is -0.871. The van der Waals surface area contributed by atoms with Crippen molar-refractivity contribution in [1.82, 2.24) is 0 Å². The molecule has 1 aliphatic rings. The fraction of sp³-hybridized carbons (Fsp3) is 0.857. The number of carboxylic acids is 1. The summed E-state index contributed by atoms with van der Waals surface area (Å²) < 4.78 is 4.77. The van der Waals surface area contributed by atoms with Gasteiger partial charge < -0.3 is 14.9 Å². The van der Waals surface area contributed by atoms with E-state index in [4.69, 9.17) is 14.9 Å². The second-order valence-electron chi connectivity index (χ2n) is 3.08. The van der Waals surface area contributed by atoms with Crippen LogP contribution in [-0.2, 0) is 9.53 Å². The van der Waals surface area contributed by atoms with E-state index in [0.29, 0.717) is 12.8 Å². The van der Waals surface area contributed by atoms with Gasteiger partial charge in [-0.1, -0.05) is 0 Å². The summed E-state index contributed by atoms with van der Waals surface area (Å²) >= 11 is 0. The van der Waals surface area contributed by atoms with Crippen molar-refractivity contribution in [2.24, 2.45) is 5.41 Å². The highest BCUT2D eigenvalue weighted by atomic mass is 16.5. The van der Waals surface area contributed by atoms with Gasteiger partial charge in [0.2, 0.25) is 0 Å². The zero-order valence-corrected chi connectivity index (χ0v) is 6.41. The van der Waals surface area contributed by atoms with E-state index >= 15 is 0 Å².